The predicted molar refractivity (Wildman–Crippen MR) is 86.0 cm³/mol. The fraction of sp³-hybridized carbons (Fsp3) is 0.438. The van der Waals surface area contributed by atoms with E-state index in [9.17, 15) is 4.79 Å². The minimum Gasteiger partial charge on any atom is -0.478 e. The van der Waals surface area contributed by atoms with Crippen molar-refractivity contribution in [1.82, 2.24) is 0 Å². The van der Waals surface area contributed by atoms with Crippen molar-refractivity contribution in [3.8, 4) is 0 Å². The average Bonchev–Trinajstić information content (AvgIpc) is 2.37. The molecule has 0 bridgehead atoms. The molecule has 1 aliphatic heterocycles. The molecule has 3 nitrogen and oxygen atoms in total. The van der Waals surface area contributed by atoms with Crippen LogP contribution in [0, 0.1) is 5.41 Å². The molecule has 1 aromatic carbocycles. The smallest absolute Gasteiger partial charge is 0.328 e. The van der Waals surface area contributed by atoms with Crippen molar-refractivity contribution in [2.75, 3.05) is 18.0 Å². The lowest BCUT2D eigenvalue weighted by Gasteiger charge is -2.38. The van der Waals surface area contributed by atoms with Crippen molar-refractivity contribution in [3.63, 3.8) is 0 Å². The summed E-state index contributed by atoms with van der Waals surface area (Å²) in [7, 11) is 0. The third kappa shape index (κ3) is 3.85. The number of carbonyl (C=O) groups is 1. The SMILES string of the molecule is CC1(C)CCN(c2ccc(/C=C/C(=O)O)c(Br)c2)CC1. The minimum absolute atomic E-state index is 0.442. The van der Waals surface area contributed by atoms with E-state index in [1.165, 1.54) is 18.5 Å². The second-order valence-electron chi connectivity index (χ2n) is 6.03. The van der Waals surface area contributed by atoms with Gasteiger partial charge in [0.25, 0.3) is 0 Å². The lowest BCUT2D eigenvalue weighted by atomic mass is 9.82. The van der Waals surface area contributed by atoms with E-state index in [0.29, 0.717) is 5.41 Å². The Kier molecular flexibility index (Phi) is 4.53. The van der Waals surface area contributed by atoms with E-state index in [1.807, 2.05) is 6.07 Å². The average molecular weight is 338 g/mol. The standard InChI is InChI=1S/C16H20BrNO2/c1-16(2)7-9-18(10-8-16)13-5-3-12(14(17)11-13)4-6-15(19)20/h3-6,11H,7-10H2,1-2H3,(H,19,20)/b6-4+. The fourth-order valence-electron chi connectivity index (χ4n) is 2.38. The van der Waals surface area contributed by atoms with E-state index in [4.69, 9.17) is 5.11 Å². The van der Waals surface area contributed by atoms with E-state index in [2.05, 4.69) is 46.8 Å². The van der Waals surface area contributed by atoms with Gasteiger partial charge in [-0.1, -0.05) is 35.8 Å². The number of aliphatic carboxylic acids is 1. The molecule has 0 spiro atoms. The Hall–Kier alpha value is -1.29. The van der Waals surface area contributed by atoms with Crippen LogP contribution >= 0.6 is 15.9 Å². The summed E-state index contributed by atoms with van der Waals surface area (Å²) in [4.78, 5) is 12.9. The molecule has 0 radical (unpaired) electrons. The summed E-state index contributed by atoms with van der Waals surface area (Å²) in [6.45, 7) is 6.79. The minimum atomic E-state index is -0.931. The topological polar surface area (TPSA) is 40.5 Å². The summed E-state index contributed by atoms with van der Waals surface area (Å²) in [5, 5.41) is 8.66. The summed E-state index contributed by atoms with van der Waals surface area (Å²) in [5.41, 5.74) is 2.52. The van der Waals surface area contributed by atoms with Crippen LogP contribution in [0.5, 0.6) is 0 Å². The lowest BCUT2D eigenvalue weighted by molar-refractivity contribution is -0.131. The van der Waals surface area contributed by atoms with Crippen LogP contribution in [0.3, 0.4) is 0 Å². The largest absolute Gasteiger partial charge is 0.478 e. The van der Waals surface area contributed by atoms with Gasteiger partial charge in [0.1, 0.15) is 0 Å². The predicted octanol–water partition coefficient (Wildman–Crippen LogP) is 4.17. The van der Waals surface area contributed by atoms with Crippen molar-refractivity contribution in [3.05, 3.63) is 34.3 Å². The highest BCUT2D eigenvalue weighted by atomic mass is 79.9. The van der Waals surface area contributed by atoms with Crippen LogP contribution < -0.4 is 4.90 Å². The molecule has 0 unspecified atom stereocenters. The van der Waals surface area contributed by atoms with Gasteiger partial charge < -0.3 is 10.0 Å². The van der Waals surface area contributed by atoms with Crippen molar-refractivity contribution in [1.29, 1.82) is 0 Å². The highest BCUT2D eigenvalue weighted by Gasteiger charge is 2.25. The summed E-state index contributed by atoms with van der Waals surface area (Å²) in [6, 6.07) is 6.09. The first kappa shape index (κ1) is 15.1. The van der Waals surface area contributed by atoms with Crippen LogP contribution in [0.1, 0.15) is 32.3 Å². The lowest BCUT2D eigenvalue weighted by Crippen LogP contribution is -2.37. The molecule has 0 aromatic heterocycles. The quantitative estimate of drug-likeness (QED) is 0.841. The number of hydrogen-bond donors (Lipinski definition) is 1. The molecule has 1 N–H and O–H groups in total. The molecule has 1 saturated heterocycles. The van der Waals surface area contributed by atoms with Gasteiger partial charge >= 0.3 is 5.97 Å². The maximum absolute atomic E-state index is 10.5. The molecule has 1 aromatic rings. The second kappa shape index (κ2) is 6.00. The van der Waals surface area contributed by atoms with Crippen LogP contribution in [-0.4, -0.2) is 24.2 Å². The zero-order chi connectivity index (χ0) is 14.8. The molecule has 1 heterocycles. The first-order chi connectivity index (χ1) is 9.37. The summed E-state index contributed by atoms with van der Waals surface area (Å²) >= 11 is 3.52. The Morgan fingerprint density at radius 3 is 2.55 bits per heavy atom. The summed E-state index contributed by atoms with van der Waals surface area (Å²) < 4.78 is 0.928. The van der Waals surface area contributed by atoms with Crippen LogP contribution in [-0.2, 0) is 4.79 Å². The number of benzene rings is 1. The van der Waals surface area contributed by atoms with E-state index < -0.39 is 5.97 Å². The van der Waals surface area contributed by atoms with Gasteiger partial charge in [-0.15, -0.1) is 0 Å². The number of anilines is 1. The monoisotopic (exact) mass is 337 g/mol. The van der Waals surface area contributed by atoms with Crippen LogP contribution in [0.15, 0.2) is 28.7 Å². The number of hydrogen-bond acceptors (Lipinski definition) is 2. The Bertz CT molecular complexity index is 527. The Morgan fingerprint density at radius 2 is 2.00 bits per heavy atom. The van der Waals surface area contributed by atoms with E-state index in [1.54, 1.807) is 6.08 Å². The van der Waals surface area contributed by atoms with E-state index >= 15 is 0 Å². The molecule has 20 heavy (non-hydrogen) atoms. The molecule has 108 valence electrons. The second-order valence-corrected chi connectivity index (χ2v) is 6.88. The number of rotatable bonds is 3. The first-order valence-electron chi connectivity index (χ1n) is 6.83. The number of nitrogens with zero attached hydrogens (tertiary/aromatic N) is 1. The van der Waals surface area contributed by atoms with Crippen molar-refractivity contribution in [2.24, 2.45) is 5.41 Å². The zero-order valence-electron chi connectivity index (χ0n) is 11.9. The number of piperidine rings is 1. The highest BCUT2D eigenvalue weighted by molar-refractivity contribution is 9.10. The van der Waals surface area contributed by atoms with Crippen molar-refractivity contribution >= 4 is 33.7 Å². The highest BCUT2D eigenvalue weighted by Crippen LogP contribution is 2.33. The van der Waals surface area contributed by atoms with Gasteiger partial charge in [-0.2, -0.15) is 0 Å². The van der Waals surface area contributed by atoms with E-state index in [-0.39, 0.29) is 0 Å². The van der Waals surface area contributed by atoms with Gasteiger partial charge in [0.05, 0.1) is 0 Å². The molecule has 1 aliphatic rings. The maximum Gasteiger partial charge on any atom is 0.328 e. The van der Waals surface area contributed by atoms with Crippen molar-refractivity contribution < 1.29 is 9.90 Å². The first-order valence-corrected chi connectivity index (χ1v) is 7.62. The molecule has 4 heteroatoms. The van der Waals surface area contributed by atoms with Gasteiger partial charge in [-0.05, 0) is 42.0 Å². The number of carboxylic acid groups (broad SMARTS) is 1. The third-order valence-electron chi connectivity index (χ3n) is 3.87. The van der Waals surface area contributed by atoms with Gasteiger partial charge in [0, 0.05) is 29.3 Å². The van der Waals surface area contributed by atoms with E-state index in [0.717, 1.165) is 29.2 Å². The summed E-state index contributed by atoms with van der Waals surface area (Å²) in [6.07, 6.45) is 5.16. The van der Waals surface area contributed by atoms with Crippen LogP contribution in [0.2, 0.25) is 0 Å². The molecule has 0 amide bonds. The summed E-state index contributed by atoms with van der Waals surface area (Å²) in [5.74, 6) is -0.931. The molecule has 0 saturated carbocycles. The van der Waals surface area contributed by atoms with Gasteiger partial charge in [0.15, 0.2) is 0 Å². The van der Waals surface area contributed by atoms with Crippen LogP contribution in [0.25, 0.3) is 6.08 Å². The Morgan fingerprint density at radius 1 is 1.35 bits per heavy atom. The fourth-order valence-corrected chi connectivity index (χ4v) is 2.88. The van der Waals surface area contributed by atoms with Gasteiger partial charge in [-0.3, -0.25) is 0 Å². The Labute approximate surface area is 128 Å². The molecule has 0 aliphatic carbocycles. The number of halogens is 1. The molecule has 1 fully saturated rings. The molecule has 0 atom stereocenters. The molecule has 2 rings (SSSR count). The molecular formula is C16H20BrNO2. The van der Waals surface area contributed by atoms with Gasteiger partial charge in [0.2, 0.25) is 0 Å². The zero-order valence-corrected chi connectivity index (χ0v) is 13.5. The normalized spacial score (nSPS) is 18.4. The number of carboxylic acids is 1. The molecular weight excluding hydrogens is 318 g/mol. The Balaban J connectivity index is 2.11. The van der Waals surface area contributed by atoms with Gasteiger partial charge in [-0.25, -0.2) is 4.79 Å². The van der Waals surface area contributed by atoms with Crippen LogP contribution in [0.4, 0.5) is 5.69 Å². The maximum atomic E-state index is 10.5. The third-order valence-corrected chi connectivity index (χ3v) is 4.56. The van der Waals surface area contributed by atoms with Crippen molar-refractivity contribution in [2.45, 2.75) is 26.7 Å².